The highest BCUT2D eigenvalue weighted by Gasteiger charge is 2.29. The van der Waals surface area contributed by atoms with Gasteiger partial charge in [-0.05, 0) is 54.1 Å². The summed E-state index contributed by atoms with van der Waals surface area (Å²) >= 11 is 2.98. The molecule has 21 heavy (non-hydrogen) atoms. The molecule has 1 aliphatic rings. The second-order valence-electron chi connectivity index (χ2n) is 5.19. The van der Waals surface area contributed by atoms with Crippen molar-refractivity contribution in [2.24, 2.45) is 0 Å². The highest BCUT2D eigenvalue weighted by Crippen LogP contribution is 2.35. The summed E-state index contributed by atoms with van der Waals surface area (Å²) in [4.78, 5) is 2.03. The molecule has 2 aromatic rings. The minimum absolute atomic E-state index is 0.157. The fraction of sp³-hybridized carbons (Fsp3) is 0.429. The molecule has 3 rings (SSSR count). The van der Waals surface area contributed by atoms with E-state index < -0.39 is 10.0 Å². The molecule has 2 N–H and O–H groups in total. The third kappa shape index (κ3) is 2.80. The van der Waals surface area contributed by atoms with Crippen molar-refractivity contribution in [3.05, 3.63) is 37.7 Å². The summed E-state index contributed by atoms with van der Waals surface area (Å²) in [6.45, 7) is 1.52. The van der Waals surface area contributed by atoms with E-state index in [2.05, 4.69) is 4.72 Å². The highest BCUT2D eigenvalue weighted by molar-refractivity contribution is 7.89. The average Bonchev–Trinajstić information content (AvgIpc) is 3.05. The standard InChI is InChI=1S/C14H17NO3S3/c1-9-8-20-13(7-16)14(9)21(17,18)15-11-3-2-4-12-10(11)5-6-19-12/h5-6,8,11,15-16H,2-4,7H2,1H3. The zero-order chi connectivity index (χ0) is 15.0. The highest BCUT2D eigenvalue weighted by atomic mass is 32.2. The van der Waals surface area contributed by atoms with Crippen molar-refractivity contribution in [3.63, 3.8) is 0 Å². The van der Waals surface area contributed by atoms with Gasteiger partial charge in [0.2, 0.25) is 10.0 Å². The third-order valence-electron chi connectivity index (χ3n) is 3.75. The molecule has 0 saturated carbocycles. The van der Waals surface area contributed by atoms with Crippen LogP contribution >= 0.6 is 22.7 Å². The van der Waals surface area contributed by atoms with Crippen molar-refractivity contribution >= 4 is 32.7 Å². The number of nitrogens with one attached hydrogen (secondary N) is 1. The zero-order valence-electron chi connectivity index (χ0n) is 11.6. The first kappa shape index (κ1) is 15.2. The molecule has 0 saturated heterocycles. The lowest BCUT2D eigenvalue weighted by molar-refractivity contribution is 0.282. The normalized spacial score (nSPS) is 18.7. The molecule has 0 aliphatic heterocycles. The van der Waals surface area contributed by atoms with Gasteiger partial charge in [0.15, 0.2) is 0 Å². The van der Waals surface area contributed by atoms with Crippen molar-refractivity contribution in [3.8, 4) is 0 Å². The van der Waals surface area contributed by atoms with E-state index in [1.807, 2.05) is 11.4 Å². The molecular formula is C14H17NO3S3. The first-order chi connectivity index (χ1) is 10.0. The smallest absolute Gasteiger partial charge is 0.242 e. The fourth-order valence-electron chi connectivity index (χ4n) is 2.81. The number of aliphatic hydroxyl groups excluding tert-OH is 1. The predicted molar refractivity (Wildman–Crippen MR) is 85.3 cm³/mol. The lowest BCUT2D eigenvalue weighted by atomic mass is 9.95. The Kier molecular flexibility index (Phi) is 4.20. The minimum Gasteiger partial charge on any atom is -0.391 e. The lowest BCUT2D eigenvalue weighted by Gasteiger charge is -2.23. The summed E-state index contributed by atoms with van der Waals surface area (Å²) in [7, 11) is -3.61. The zero-order valence-corrected chi connectivity index (χ0v) is 14.1. The van der Waals surface area contributed by atoms with Crippen LogP contribution in [0.5, 0.6) is 0 Å². The first-order valence-corrected chi connectivity index (χ1v) is 10.0. The topological polar surface area (TPSA) is 66.4 Å². The van der Waals surface area contributed by atoms with Crippen LogP contribution in [0.15, 0.2) is 21.7 Å². The number of aryl methyl sites for hydroxylation is 2. The van der Waals surface area contributed by atoms with Gasteiger partial charge >= 0.3 is 0 Å². The van der Waals surface area contributed by atoms with E-state index in [9.17, 15) is 13.5 Å². The molecule has 1 aliphatic carbocycles. The average molecular weight is 343 g/mol. The molecule has 0 spiro atoms. The first-order valence-electron chi connectivity index (χ1n) is 6.79. The van der Waals surface area contributed by atoms with Crippen molar-refractivity contribution in [1.29, 1.82) is 0 Å². The van der Waals surface area contributed by atoms with Gasteiger partial charge in [0.05, 0.1) is 11.5 Å². The number of fused-ring (bicyclic) bond motifs is 1. The van der Waals surface area contributed by atoms with Crippen LogP contribution < -0.4 is 4.72 Å². The van der Waals surface area contributed by atoms with Gasteiger partial charge in [-0.1, -0.05) is 0 Å². The summed E-state index contributed by atoms with van der Waals surface area (Å²) in [5.41, 5.74) is 1.80. The quantitative estimate of drug-likeness (QED) is 0.897. The summed E-state index contributed by atoms with van der Waals surface area (Å²) in [5.74, 6) is 0. The Labute approximate surface area is 132 Å². The molecule has 1 unspecified atom stereocenters. The van der Waals surface area contributed by atoms with Crippen molar-refractivity contribution in [2.45, 2.75) is 43.7 Å². The van der Waals surface area contributed by atoms with Crippen LogP contribution in [0.25, 0.3) is 0 Å². The predicted octanol–water partition coefficient (Wildman–Crippen LogP) is 2.97. The Morgan fingerprint density at radius 2 is 2.24 bits per heavy atom. The van der Waals surface area contributed by atoms with Gasteiger partial charge in [0.25, 0.3) is 0 Å². The van der Waals surface area contributed by atoms with Crippen LogP contribution in [0.1, 0.15) is 39.8 Å². The Hall–Kier alpha value is -0.730. The number of hydrogen-bond acceptors (Lipinski definition) is 5. The van der Waals surface area contributed by atoms with Crippen molar-refractivity contribution in [2.75, 3.05) is 0 Å². The second kappa shape index (κ2) is 5.81. The van der Waals surface area contributed by atoms with Gasteiger partial charge in [0.1, 0.15) is 4.90 Å². The molecule has 0 amide bonds. The Morgan fingerprint density at radius 1 is 1.43 bits per heavy atom. The summed E-state index contributed by atoms with van der Waals surface area (Å²) < 4.78 is 28.2. The Morgan fingerprint density at radius 3 is 3.00 bits per heavy atom. The minimum atomic E-state index is -3.61. The van der Waals surface area contributed by atoms with E-state index in [4.69, 9.17) is 0 Å². The van der Waals surface area contributed by atoms with Crippen LogP contribution in [0.2, 0.25) is 0 Å². The molecule has 0 aromatic carbocycles. The van der Waals surface area contributed by atoms with Gasteiger partial charge in [-0.3, -0.25) is 0 Å². The molecule has 2 heterocycles. The molecule has 4 nitrogen and oxygen atoms in total. The van der Waals surface area contributed by atoms with Crippen molar-refractivity contribution < 1.29 is 13.5 Å². The van der Waals surface area contributed by atoms with Crippen LogP contribution in [0.4, 0.5) is 0 Å². The van der Waals surface area contributed by atoms with Crippen molar-refractivity contribution in [1.82, 2.24) is 4.72 Å². The summed E-state index contributed by atoms with van der Waals surface area (Å²) in [6, 6.07) is 1.86. The Bertz CT molecular complexity index is 745. The maximum atomic E-state index is 12.7. The SMILES string of the molecule is Cc1csc(CO)c1S(=O)(=O)NC1CCCc2sccc21. The number of hydrogen-bond donors (Lipinski definition) is 2. The number of sulfonamides is 1. The second-order valence-corrected chi connectivity index (χ2v) is 8.81. The van der Waals surface area contributed by atoms with Gasteiger partial charge in [-0.25, -0.2) is 13.1 Å². The van der Waals surface area contributed by atoms with Gasteiger partial charge in [-0.15, -0.1) is 22.7 Å². The van der Waals surface area contributed by atoms with E-state index >= 15 is 0 Å². The van der Waals surface area contributed by atoms with Gasteiger partial charge in [-0.2, -0.15) is 0 Å². The molecule has 0 fully saturated rings. The van der Waals surface area contributed by atoms with E-state index in [-0.39, 0.29) is 17.5 Å². The molecule has 114 valence electrons. The number of rotatable bonds is 4. The Balaban J connectivity index is 1.93. The lowest BCUT2D eigenvalue weighted by Crippen LogP contribution is -2.31. The largest absolute Gasteiger partial charge is 0.391 e. The molecule has 0 radical (unpaired) electrons. The van der Waals surface area contributed by atoms with Gasteiger partial charge in [0, 0.05) is 10.9 Å². The van der Waals surface area contributed by atoms with Crippen LogP contribution in [0, 0.1) is 6.92 Å². The van der Waals surface area contributed by atoms with E-state index in [1.165, 1.54) is 16.2 Å². The summed E-state index contributed by atoms with van der Waals surface area (Å²) in [6.07, 6.45) is 2.85. The molecule has 7 heteroatoms. The maximum absolute atomic E-state index is 12.7. The monoisotopic (exact) mass is 343 g/mol. The number of aliphatic hydroxyl groups is 1. The van der Waals surface area contributed by atoms with Crippen LogP contribution in [-0.2, 0) is 23.1 Å². The van der Waals surface area contributed by atoms with Gasteiger partial charge < -0.3 is 5.11 Å². The fourth-order valence-corrected chi connectivity index (χ4v) is 6.71. The van der Waals surface area contributed by atoms with E-state index in [1.54, 1.807) is 23.6 Å². The molecule has 1 atom stereocenters. The third-order valence-corrected chi connectivity index (χ3v) is 7.67. The molecule has 2 aromatic heterocycles. The maximum Gasteiger partial charge on any atom is 0.242 e. The molecular weight excluding hydrogens is 326 g/mol. The summed E-state index contributed by atoms with van der Waals surface area (Å²) in [5, 5.41) is 13.1. The van der Waals surface area contributed by atoms with Crippen LogP contribution in [0.3, 0.4) is 0 Å². The number of thiophene rings is 2. The molecule has 0 bridgehead atoms. The van der Waals surface area contributed by atoms with E-state index in [0.717, 1.165) is 24.8 Å². The van der Waals surface area contributed by atoms with E-state index in [0.29, 0.717) is 10.4 Å². The van der Waals surface area contributed by atoms with Crippen LogP contribution in [-0.4, -0.2) is 13.5 Å².